The summed E-state index contributed by atoms with van der Waals surface area (Å²) in [5.41, 5.74) is 10.5. The normalized spacial score (nSPS) is 13.6. The first-order valence-corrected chi connectivity index (χ1v) is 13.0. The monoisotopic (exact) mass is 472 g/mol. The standard InChI is InChI=1S/C29H28O2S2/c1-18-24(28(30-3)32-26(18)20-12-7-5-8-13-20)22-16-11-17-23(22)25-19(2)27(33-29(25)31-4)21-14-9-6-10-15-21/h5-10,12-15H,11,16-17H2,1-4H3. The van der Waals surface area contributed by atoms with E-state index < -0.39 is 0 Å². The van der Waals surface area contributed by atoms with E-state index in [2.05, 4.69) is 74.5 Å². The second-order valence-corrected chi connectivity index (χ2v) is 10.4. The first-order chi connectivity index (χ1) is 16.1. The molecule has 0 radical (unpaired) electrons. The first kappa shape index (κ1) is 22.0. The second-order valence-electron chi connectivity index (χ2n) is 8.39. The Labute approximate surface area is 204 Å². The maximum Gasteiger partial charge on any atom is 0.181 e. The van der Waals surface area contributed by atoms with Crippen molar-refractivity contribution < 1.29 is 9.47 Å². The smallest absolute Gasteiger partial charge is 0.181 e. The minimum absolute atomic E-state index is 1.01. The maximum absolute atomic E-state index is 5.94. The lowest BCUT2D eigenvalue weighted by Gasteiger charge is -2.12. The van der Waals surface area contributed by atoms with Crippen LogP contribution in [0, 0.1) is 13.8 Å². The summed E-state index contributed by atoms with van der Waals surface area (Å²) < 4.78 is 11.9. The van der Waals surface area contributed by atoms with Crippen molar-refractivity contribution in [1.82, 2.24) is 0 Å². The van der Waals surface area contributed by atoms with E-state index in [1.54, 1.807) is 36.9 Å². The van der Waals surface area contributed by atoms with Gasteiger partial charge in [0.1, 0.15) is 0 Å². The molecule has 2 nitrogen and oxygen atoms in total. The summed E-state index contributed by atoms with van der Waals surface area (Å²) in [7, 11) is 3.59. The molecule has 0 amide bonds. The van der Waals surface area contributed by atoms with Gasteiger partial charge in [-0.2, -0.15) is 0 Å². The third-order valence-corrected chi connectivity index (χ3v) is 9.10. The Morgan fingerprint density at radius 3 is 1.36 bits per heavy atom. The van der Waals surface area contributed by atoms with Gasteiger partial charge in [-0.15, -0.1) is 0 Å². The Morgan fingerprint density at radius 1 is 0.606 bits per heavy atom. The van der Waals surface area contributed by atoms with E-state index in [0.29, 0.717) is 0 Å². The minimum atomic E-state index is 1.01. The number of methoxy groups -OCH3 is 2. The Hall–Kier alpha value is -2.82. The summed E-state index contributed by atoms with van der Waals surface area (Å²) in [6.07, 6.45) is 3.29. The van der Waals surface area contributed by atoms with Gasteiger partial charge in [-0.3, -0.25) is 0 Å². The molecule has 0 bridgehead atoms. The van der Waals surface area contributed by atoms with Gasteiger partial charge in [-0.1, -0.05) is 83.3 Å². The molecule has 4 heteroatoms. The fourth-order valence-electron chi connectivity index (χ4n) is 4.99. The van der Waals surface area contributed by atoms with Gasteiger partial charge < -0.3 is 9.47 Å². The van der Waals surface area contributed by atoms with Crippen LogP contribution in [0.25, 0.3) is 32.0 Å². The molecule has 0 spiro atoms. The van der Waals surface area contributed by atoms with Crippen LogP contribution in [0.2, 0.25) is 0 Å². The molecule has 0 unspecified atom stereocenters. The van der Waals surface area contributed by atoms with Crippen LogP contribution in [-0.2, 0) is 0 Å². The molecular weight excluding hydrogens is 444 g/mol. The lowest BCUT2D eigenvalue weighted by molar-refractivity contribution is 0.425. The summed E-state index contributed by atoms with van der Waals surface area (Å²) in [4.78, 5) is 2.58. The van der Waals surface area contributed by atoms with Crippen molar-refractivity contribution in [2.24, 2.45) is 0 Å². The maximum atomic E-state index is 5.94. The molecule has 0 aliphatic heterocycles. The molecule has 1 aliphatic carbocycles. The highest BCUT2D eigenvalue weighted by molar-refractivity contribution is 7.18. The number of hydrogen-bond donors (Lipinski definition) is 0. The number of allylic oxidation sites excluding steroid dienone is 2. The van der Waals surface area contributed by atoms with Crippen molar-refractivity contribution in [2.45, 2.75) is 33.1 Å². The van der Waals surface area contributed by atoms with Crippen LogP contribution in [0.4, 0.5) is 0 Å². The number of rotatable bonds is 6. The van der Waals surface area contributed by atoms with Crippen LogP contribution in [0.5, 0.6) is 10.1 Å². The van der Waals surface area contributed by atoms with Gasteiger partial charge in [0, 0.05) is 20.9 Å². The van der Waals surface area contributed by atoms with Gasteiger partial charge in [-0.25, -0.2) is 0 Å². The molecule has 33 heavy (non-hydrogen) atoms. The zero-order valence-corrected chi connectivity index (χ0v) is 21.2. The summed E-state index contributed by atoms with van der Waals surface area (Å²) >= 11 is 3.51. The van der Waals surface area contributed by atoms with E-state index in [-0.39, 0.29) is 0 Å². The fourth-order valence-corrected chi connectivity index (χ4v) is 7.30. The van der Waals surface area contributed by atoms with Crippen LogP contribution in [0.3, 0.4) is 0 Å². The molecule has 0 fully saturated rings. The molecule has 2 heterocycles. The predicted molar refractivity (Wildman–Crippen MR) is 143 cm³/mol. The summed E-state index contributed by atoms with van der Waals surface area (Å²) in [5.74, 6) is 0. The molecule has 2 aromatic heterocycles. The van der Waals surface area contributed by atoms with Crippen molar-refractivity contribution in [1.29, 1.82) is 0 Å². The summed E-state index contributed by atoms with van der Waals surface area (Å²) in [6.45, 7) is 4.49. The van der Waals surface area contributed by atoms with Crippen LogP contribution >= 0.6 is 22.7 Å². The molecule has 5 rings (SSSR count). The third-order valence-electron chi connectivity index (χ3n) is 6.49. The molecule has 0 saturated heterocycles. The van der Waals surface area contributed by atoms with Gasteiger partial charge >= 0.3 is 0 Å². The number of hydrogen-bond acceptors (Lipinski definition) is 4. The van der Waals surface area contributed by atoms with Gasteiger partial charge in [0.25, 0.3) is 0 Å². The highest BCUT2D eigenvalue weighted by atomic mass is 32.1. The zero-order chi connectivity index (χ0) is 22.9. The average molecular weight is 473 g/mol. The molecule has 0 atom stereocenters. The fraction of sp³-hybridized carbons (Fsp3) is 0.241. The molecular formula is C29H28O2S2. The summed E-state index contributed by atoms with van der Waals surface area (Å²) in [6, 6.07) is 21.3. The largest absolute Gasteiger partial charge is 0.487 e. The van der Waals surface area contributed by atoms with Gasteiger partial charge in [0.2, 0.25) is 0 Å². The molecule has 168 valence electrons. The van der Waals surface area contributed by atoms with E-state index in [9.17, 15) is 0 Å². The number of thiophene rings is 2. The van der Waals surface area contributed by atoms with E-state index in [0.717, 1.165) is 29.4 Å². The molecule has 2 aromatic carbocycles. The quantitative estimate of drug-likeness (QED) is 0.279. The number of benzene rings is 2. The highest BCUT2D eigenvalue weighted by Crippen LogP contribution is 2.54. The SMILES string of the molecule is COc1sc(-c2ccccc2)c(C)c1C1=C(c2c(OC)sc(-c3ccccc3)c2C)CCC1. The molecule has 4 aromatic rings. The van der Waals surface area contributed by atoms with Crippen LogP contribution in [0.1, 0.15) is 41.5 Å². The van der Waals surface area contributed by atoms with E-state index in [1.165, 1.54) is 54.3 Å². The Bertz CT molecular complexity index is 1210. The Morgan fingerprint density at radius 2 is 1.00 bits per heavy atom. The zero-order valence-electron chi connectivity index (χ0n) is 19.5. The van der Waals surface area contributed by atoms with E-state index in [4.69, 9.17) is 9.47 Å². The third kappa shape index (κ3) is 3.81. The van der Waals surface area contributed by atoms with E-state index >= 15 is 0 Å². The van der Waals surface area contributed by atoms with Crippen LogP contribution < -0.4 is 9.47 Å². The second kappa shape index (κ2) is 9.20. The molecule has 0 N–H and O–H groups in total. The van der Waals surface area contributed by atoms with Gasteiger partial charge in [0.15, 0.2) is 10.1 Å². The lowest BCUT2D eigenvalue weighted by Crippen LogP contribution is -1.93. The van der Waals surface area contributed by atoms with Crippen molar-refractivity contribution in [3.63, 3.8) is 0 Å². The average Bonchev–Trinajstić information content (AvgIpc) is 3.54. The Balaban J connectivity index is 1.70. The van der Waals surface area contributed by atoms with E-state index in [1.807, 2.05) is 0 Å². The number of ether oxygens (including phenoxy) is 2. The Kier molecular flexibility index (Phi) is 6.13. The van der Waals surface area contributed by atoms with Crippen molar-refractivity contribution in [3.05, 3.63) is 82.9 Å². The first-order valence-electron chi connectivity index (χ1n) is 11.3. The van der Waals surface area contributed by atoms with Crippen molar-refractivity contribution in [2.75, 3.05) is 14.2 Å². The van der Waals surface area contributed by atoms with Crippen molar-refractivity contribution >= 4 is 33.8 Å². The van der Waals surface area contributed by atoms with Crippen LogP contribution in [0.15, 0.2) is 60.7 Å². The van der Waals surface area contributed by atoms with Crippen molar-refractivity contribution in [3.8, 4) is 31.0 Å². The minimum Gasteiger partial charge on any atom is -0.487 e. The lowest BCUT2D eigenvalue weighted by atomic mass is 9.93. The molecule has 1 aliphatic rings. The van der Waals surface area contributed by atoms with Gasteiger partial charge in [-0.05, 0) is 66.5 Å². The predicted octanol–water partition coefficient (Wildman–Crippen LogP) is 8.87. The summed E-state index contributed by atoms with van der Waals surface area (Å²) in [5, 5.41) is 2.02. The highest BCUT2D eigenvalue weighted by Gasteiger charge is 2.29. The van der Waals surface area contributed by atoms with Crippen LogP contribution in [-0.4, -0.2) is 14.2 Å². The molecule has 0 saturated carbocycles. The van der Waals surface area contributed by atoms with Gasteiger partial charge in [0.05, 0.1) is 14.2 Å². The topological polar surface area (TPSA) is 18.5 Å².